The van der Waals surface area contributed by atoms with Crippen LogP contribution < -0.4 is 5.32 Å². The van der Waals surface area contributed by atoms with Crippen LogP contribution in [-0.4, -0.2) is 9.91 Å². The first-order valence-electron chi connectivity index (χ1n) is 4.84. The SMILES string of the molecule is O=[N+]([O-])c1ccc(NCc2cnc(Cl)s2)c(F)c1. The van der Waals surface area contributed by atoms with Crippen LogP contribution in [0.4, 0.5) is 15.8 Å². The lowest BCUT2D eigenvalue weighted by atomic mass is 10.2. The number of thiazole rings is 1. The second kappa shape index (κ2) is 5.28. The van der Waals surface area contributed by atoms with E-state index < -0.39 is 10.7 Å². The van der Waals surface area contributed by atoms with Gasteiger partial charge in [-0.1, -0.05) is 11.6 Å². The van der Waals surface area contributed by atoms with Crippen LogP contribution >= 0.6 is 22.9 Å². The maximum atomic E-state index is 13.5. The number of nitro groups is 1. The smallest absolute Gasteiger partial charge is 0.272 e. The molecule has 0 unspecified atom stereocenters. The van der Waals surface area contributed by atoms with Crippen molar-refractivity contribution >= 4 is 34.3 Å². The van der Waals surface area contributed by atoms with E-state index in [0.29, 0.717) is 11.0 Å². The first kappa shape index (κ1) is 12.7. The number of nitro benzene ring substituents is 1. The van der Waals surface area contributed by atoms with Gasteiger partial charge in [0.05, 0.1) is 23.2 Å². The zero-order chi connectivity index (χ0) is 13.1. The van der Waals surface area contributed by atoms with Gasteiger partial charge in [-0.25, -0.2) is 9.37 Å². The molecule has 1 heterocycles. The van der Waals surface area contributed by atoms with Gasteiger partial charge in [0.15, 0.2) is 10.3 Å². The number of rotatable bonds is 4. The highest BCUT2D eigenvalue weighted by molar-refractivity contribution is 7.15. The summed E-state index contributed by atoms with van der Waals surface area (Å²) >= 11 is 6.94. The van der Waals surface area contributed by atoms with Gasteiger partial charge in [-0.05, 0) is 6.07 Å². The summed E-state index contributed by atoms with van der Waals surface area (Å²) in [6.45, 7) is 0.360. The van der Waals surface area contributed by atoms with Crippen molar-refractivity contribution in [1.29, 1.82) is 0 Å². The molecule has 0 aliphatic carbocycles. The number of benzene rings is 1. The van der Waals surface area contributed by atoms with Crippen LogP contribution in [0.3, 0.4) is 0 Å². The molecule has 0 aliphatic rings. The summed E-state index contributed by atoms with van der Waals surface area (Å²) in [4.78, 5) is 14.5. The molecule has 1 aromatic carbocycles. The molecular formula is C10H7ClFN3O2S. The van der Waals surface area contributed by atoms with Gasteiger partial charge in [-0.2, -0.15) is 0 Å². The molecule has 0 saturated carbocycles. The highest BCUT2D eigenvalue weighted by Crippen LogP contribution is 2.23. The topological polar surface area (TPSA) is 68.1 Å². The molecule has 2 aromatic rings. The molecule has 5 nitrogen and oxygen atoms in total. The van der Waals surface area contributed by atoms with E-state index in [1.807, 2.05) is 0 Å². The molecule has 1 N–H and O–H groups in total. The second-order valence-electron chi connectivity index (χ2n) is 3.35. The molecule has 0 aliphatic heterocycles. The summed E-state index contributed by atoms with van der Waals surface area (Å²) < 4.78 is 13.9. The number of nitrogens with one attached hydrogen (secondary N) is 1. The van der Waals surface area contributed by atoms with Crippen molar-refractivity contribution in [2.45, 2.75) is 6.54 Å². The van der Waals surface area contributed by atoms with E-state index in [1.54, 1.807) is 6.20 Å². The molecule has 0 amide bonds. The normalized spacial score (nSPS) is 10.3. The number of nitrogens with zero attached hydrogens (tertiary/aromatic N) is 2. The predicted molar refractivity (Wildman–Crippen MR) is 67.5 cm³/mol. The fraction of sp³-hybridized carbons (Fsp3) is 0.100. The zero-order valence-electron chi connectivity index (χ0n) is 8.89. The lowest BCUT2D eigenvalue weighted by Crippen LogP contribution is -2.00. The molecule has 8 heteroatoms. The van der Waals surface area contributed by atoms with Crippen LogP contribution in [0.1, 0.15) is 4.88 Å². The van der Waals surface area contributed by atoms with Crippen LogP contribution in [0.5, 0.6) is 0 Å². The number of hydrogen-bond donors (Lipinski definition) is 1. The van der Waals surface area contributed by atoms with E-state index >= 15 is 0 Å². The second-order valence-corrected chi connectivity index (χ2v) is 5.05. The minimum absolute atomic E-state index is 0.199. The van der Waals surface area contributed by atoms with Crippen molar-refractivity contribution in [3.63, 3.8) is 0 Å². The molecule has 1 aromatic heterocycles. The maximum Gasteiger partial charge on any atom is 0.272 e. The average molecular weight is 288 g/mol. The molecule has 2 rings (SSSR count). The number of anilines is 1. The first-order chi connectivity index (χ1) is 8.56. The summed E-state index contributed by atoms with van der Waals surface area (Å²) in [5.74, 6) is -0.667. The largest absolute Gasteiger partial charge is 0.378 e. The fourth-order valence-corrected chi connectivity index (χ4v) is 2.23. The van der Waals surface area contributed by atoms with Gasteiger partial charge in [0, 0.05) is 17.1 Å². The summed E-state index contributed by atoms with van der Waals surface area (Å²) in [6.07, 6.45) is 1.59. The molecule has 18 heavy (non-hydrogen) atoms. The Labute approximate surface area is 110 Å². The van der Waals surface area contributed by atoms with Crippen LogP contribution in [0, 0.1) is 15.9 Å². The van der Waals surface area contributed by atoms with Crippen molar-refractivity contribution in [1.82, 2.24) is 4.98 Å². The van der Waals surface area contributed by atoms with Crippen LogP contribution in [0.25, 0.3) is 0 Å². The minimum Gasteiger partial charge on any atom is -0.378 e. The van der Waals surface area contributed by atoms with E-state index in [9.17, 15) is 14.5 Å². The first-order valence-corrected chi connectivity index (χ1v) is 6.04. The van der Waals surface area contributed by atoms with E-state index in [0.717, 1.165) is 10.9 Å². The van der Waals surface area contributed by atoms with Gasteiger partial charge in [-0.15, -0.1) is 11.3 Å². The Kier molecular flexibility index (Phi) is 3.73. The van der Waals surface area contributed by atoms with E-state index in [4.69, 9.17) is 11.6 Å². The summed E-state index contributed by atoms with van der Waals surface area (Å²) in [5.41, 5.74) is -0.0796. The Bertz CT molecular complexity index is 590. The highest BCUT2D eigenvalue weighted by atomic mass is 35.5. The molecule has 0 fully saturated rings. The van der Waals surface area contributed by atoms with Gasteiger partial charge in [0.1, 0.15) is 0 Å². The fourth-order valence-electron chi connectivity index (χ4n) is 1.31. The molecular weight excluding hydrogens is 281 g/mol. The summed E-state index contributed by atoms with van der Waals surface area (Å²) in [5, 5.41) is 13.3. The van der Waals surface area contributed by atoms with Crippen LogP contribution in [0.15, 0.2) is 24.4 Å². The number of aromatic nitrogens is 1. The highest BCUT2D eigenvalue weighted by Gasteiger charge is 2.10. The third-order valence-corrected chi connectivity index (χ3v) is 3.26. The van der Waals surface area contributed by atoms with Crippen molar-refractivity contribution in [3.05, 3.63) is 49.7 Å². The molecule has 94 valence electrons. The van der Waals surface area contributed by atoms with Gasteiger partial charge in [0.2, 0.25) is 0 Å². The lowest BCUT2D eigenvalue weighted by Gasteiger charge is -2.05. The van der Waals surface area contributed by atoms with E-state index in [-0.39, 0.29) is 11.4 Å². The molecule has 0 bridgehead atoms. The zero-order valence-corrected chi connectivity index (χ0v) is 10.5. The van der Waals surface area contributed by atoms with Crippen molar-refractivity contribution < 1.29 is 9.31 Å². The number of non-ortho nitro benzene ring substituents is 1. The average Bonchev–Trinajstić information content (AvgIpc) is 2.73. The Morgan fingerprint density at radius 2 is 2.33 bits per heavy atom. The van der Waals surface area contributed by atoms with Gasteiger partial charge < -0.3 is 5.32 Å². The van der Waals surface area contributed by atoms with E-state index in [2.05, 4.69) is 10.3 Å². The van der Waals surface area contributed by atoms with Gasteiger partial charge in [-0.3, -0.25) is 10.1 Å². The third kappa shape index (κ3) is 2.93. The molecule has 0 atom stereocenters. The van der Waals surface area contributed by atoms with E-state index in [1.165, 1.54) is 23.5 Å². The lowest BCUT2D eigenvalue weighted by molar-refractivity contribution is -0.385. The predicted octanol–water partition coefficient (Wildman–Crippen LogP) is 3.46. The van der Waals surface area contributed by atoms with Gasteiger partial charge in [0.25, 0.3) is 5.69 Å². The van der Waals surface area contributed by atoms with Crippen molar-refractivity contribution in [3.8, 4) is 0 Å². The Morgan fingerprint density at radius 3 is 2.89 bits per heavy atom. The molecule has 0 spiro atoms. The number of hydrogen-bond acceptors (Lipinski definition) is 5. The van der Waals surface area contributed by atoms with Crippen molar-refractivity contribution in [2.75, 3.05) is 5.32 Å². The van der Waals surface area contributed by atoms with Crippen LogP contribution in [-0.2, 0) is 6.54 Å². The Hall–Kier alpha value is -1.73. The van der Waals surface area contributed by atoms with Crippen molar-refractivity contribution in [2.24, 2.45) is 0 Å². The Morgan fingerprint density at radius 1 is 1.56 bits per heavy atom. The number of halogens is 2. The van der Waals surface area contributed by atoms with Crippen LogP contribution in [0.2, 0.25) is 4.47 Å². The standard InChI is InChI=1S/C10H7ClFN3O2S/c11-10-14-5-7(18-10)4-13-9-2-1-6(15(16)17)3-8(9)12/h1-3,5,13H,4H2. The third-order valence-electron chi connectivity index (χ3n) is 2.14. The molecule has 0 radical (unpaired) electrons. The monoisotopic (exact) mass is 287 g/mol. The quantitative estimate of drug-likeness (QED) is 0.691. The maximum absolute atomic E-state index is 13.5. The Balaban J connectivity index is 2.08. The summed E-state index contributed by atoms with van der Waals surface area (Å²) in [6, 6.07) is 3.45. The minimum atomic E-state index is -0.667. The van der Waals surface area contributed by atoms with Gasteiger partial charge >= 0.3 is 0 Å². The summed E-state index contributed by atoms with van der Waals surface area (Å²) in [7, 11) is 0. The molecule has 0 saturated heterocycles.